The van der Waals surface area contributed by atoms with E-state index in [0.717, 1.165) is 4.90 Å². The summed E-state index contributed by atoms with van der Waals surface area (Å²) in [5, 5.41) is 2.93. The molecule has 1 N–H and O–H groups in total. The Balaban J connectivity index is 2.36. The van der Waals surface area contributed by atoms with Gasteiger partial charge in [0.2, 0.25) is 11.8 Å². The quantitative estimate of drug-likeness (QED) is 0.376. The number of nitrogens with zero attached hydrogens (tertiary/aromatic N) is 1. The van der Waals surface area contributed by atoms with Gasteiger partial charge in [-0.05, 0) is 0 Å². The monoisotopic (exact) mass is 286 g/mol. The first-order valence-corrected chi connectivity index (χ1v) is 6.18. The average Bonchev–Trinajstić information content (AvgIpc) is 2.94. The van der Waals surface area contributed by atoms with Crippen molar-refractivity contribution in [3.8, 4) is 0 Å². The zero-order valence-corrected chi connectivity index (χ0v) is 11.8. The third-order valence-electron chi connectivity index (χ3n) is 3.95. The Morgan fingerprint density at radius 3 is 2.20 bits per heavy atom. The molecule has 0 aromatic carbocycles. The highest BCUT2D eigenvalue weighted by Crippen LogP contribution is 2.38. The smallest absolute Gasteiger partial charge is 0.323 e. The lowest BCUT2D eigenvalue weighted by atomic mass is 9.89. The van der Waals surface area contributed by atoms with Crippen LogP contribution in [0.2, 0.25) is 0 Å². The largest absolute Gasteiger partial charge is 0.468 e. The molecule has 8 heteroatoms. The molecule has 0 saturated carbocycles. The van der Waals surface area contributed by atoms with Gasteiger partial charge in [-0.1, -0.05) is 0 Å². The molecule has 8 nitrogen and oxygen atoms in total. The van der Waals surface area contributed by atoms with Crippen molar-refractivity contribution in [3.05, 3.63) is 0 Å². The van der Waals surface area contributed by atoms with Crippen molar-refractivity contribution >= 4 is 17.8 Å². The third kappa shape index (κ3) is 2.00. The second kappa shape index (κ2) is 5.47. The van der Waals surface area contributed by atoms with Crippen LogP contribution in [0.25, 0.3) is 0 Å². The van der Waals surface area contributed by atoms with Crippen LogP contribution in [-0.2, 0) is 28.6 Å². The van der Waals surface area contributed by atoms with Crippen LogP contribution in [-0.4, -0.2) is 69.4 Å². The number of nitrogens with one attached hydrogen (secondary N) is 1. The van der Waals surface area contributed by atoms with Crippen LogP contribution in [0, 0.1) is 11.8 Å². The van der Waals surface area contributed by atoms with Gasteiger partial charge in [0.25, 0.3) is 0 Å². The molecule has 2 heterocycles. The minimum absolute atomic E-state index is 0.344. The molecule has 0 aromatic heterocycles. The Labute approximate surface area is 116 Å². The fraction of sp³-hybridized carbons (Fsp3) is 0.750. The molecule has 2 fully saturated rings. The molecule has 0 aliphatic carbocycles. The summed E-state index contributed by atoms with van der Waals surface area (Å²) in [4.78, 5) is 37.2. The van der Waals surface area contributed by atoms with E-state index in [0.29, 0.717) is 0 Å². The zero-order valence-electron chi connectivity index (χ0n) is 11.8. The van der Waals surface area contributed by atoms with E-state index < -0.39 is 42.1 Å². The Morgan fingerprint density at radius 1 is 1.15 bits per heavy atom. The highest BCUT2D eigenvalue weighted by Gasteiger charge is 2.61. The maximum Gasteiger partial charge on any atom is 0.323 e. The van der Waals surface area contributed by atoms with Crippen LogP contribution < -0.4 is 5.32 Å². The summed E-state index contributed by atoms with van der Waals surface area (Å²) in [5.41, 5.74) is 0. The third-order valence-corrected chi connectivity index (χ3v) is 3.95. The number of esters is 1. The minimum Gasteiger partial charge on any atom is -0.468 e. The number of fused-ring (bicyclic) bond motifs is 1. The number of rotatable bonds is 4. The number of likely N-dealkylation sites (tertiary alicyclic amines) is 1. The number of carbonyl (C=O) groups excluding carboxylic acids is 3. The van der Waals surface area contributed by atoms with Crippen molar-refractivity contribution in [2.45, 2.75) is 18.4 Å². The first-order valence-electron chi connectivity index (χ1n) is 6.18. The van der Waals surface area contributed by atoms with Gasteiger partial charge in [0.05, 0.1) is 25.0 Å². The van der Waals surface area contributed by atoms with Gasteiger partial charge in [-0.3, -0.25) is 24.6 Å². The van der Waals surface area contributed by atoms with Crippen LogP contribution >= 0.6 is 0 Å². The molecule has 0 unspecified atom stereocenters. The summed E-state index contributed by atoms with van der Waals surface area (Å²) >= 11 is 0. The lowest BCUT2D eigenvalue weighted by molar-refractivity contribution is -0.150. The van der Waals surface area contributed by atoms with Gasteiger partial charge in [0.1, 0.15) is 6.04 Å². The number of carbonyl (C=O) groups is 3. The number of hydrogen-bond acceptors (Lipinski definition) is 7. The highest BCUT2D eigenvalue weighted by atomic mass is 16.7. The predicted molar refractivity (Wildman–Crippen MR) is 65.3 cm³/mol. The first-order chi connectivity index (χ1) is 9.47. The average molecular weight is 286 g/mol. The van der Waals surface area contributed by atoms with E-state index in [2.05, 4.69) is 5.32 Å². The molecule has 2 aliphatic rings. The van der Waals surface area contributed by atoms with Crippen molar-refractivity contribution in [2.75, 3.05) is 28.4 Å². The molecule has 2 saturated heterocycles. The van der Waals surface area contributed by atoms with E-state index in [1.54, 1.807) is 0 Å². The van der Waals surface area contributed by atoms with E-state index in [9.17, 15) is 14.4 Å². The summed E-state index contributed by atoms with van der Waals surface area (Å²) in [6.45, 7) is 0. The lowest BCUT2D eigenvalue weighted by Crippen LogP contribution is -2.49. The second-order valence-electron chi connectivity index (χ2n) is 4.82. The Bertz CT molecular complexity index is 436. The lowest BCUT2D eigenvalue weighted by Gasteiger charge is -2.25. The van der Waals surface area contributed by atoms with Gasteiger partial charge in [-0.2, -0.15) is 0 Å². The van der Waals surface area contributed by atoms with Crippen molar-refractivity contribution in [2.24, 2.45) is 11.8 Å². The van der Waals surface area contributed by atoms with Crippen molar-refractivity contribution in [1.82, 2.24) is 10.2 Å². The Kier molecular flexibility index (Phi) is 4.07. The van der Waals surface area contributed by atoms with Gasteiger partial charge >= 0.3 is 5.97 Å². The summed E-state index contributed by atoms with van der Waals surface area (Å²) in [7, 11) is 5.51. The maximum absolute atomic E-state index is 12.2. The normalized spacial score (nSPS) is 33.0. The van der Waals surface area contributed by atoms with E-state index in [1.807, 2.05) is 0 Å². The summed E-state index contributed by atoms with van der Waals surface area (Å²) in [6, 6.07) is -1.45. The molecule has 2 amide bonds. The van der Waals surface area contributed by atoms with Gasteiger partial charge in [-0.25, -0.2) is 0 Å². The van der Waals surface area contributed by atoms with Crippen LogP contribution in [0.4, 0.5) is 0 Å². The summed E-state index contributed by atoms with van der Waals surface area (Å²) < 4.78 is 15.0. The van der Waals surface area contributed by atoms with Crippen LogP contribution in [0.1, 0.15) is 0 Å². The van der Waals surface area contributed by atoms with Crippen molar-refractivity contribution in [3.63, 3.8) is 0 Å². The fourth-order valence-corrected chi connectivity index (χ4v) is 2.98. The van der Waals surface area contributed by atoms with Crippen molar-refractivity contribution in [1.29, 1.82) is 0 Å². The van der Waals surface area contributed by atoms with E-state index in [-0.39, 0.29) is 5.91 Å². The van der Waals surface area contributed by atoms with Gasteiger partial charge in [-0.15, -0.1) is 0 Å². The maximum atomic E-state index is 12.2. The van der Waals surface area contributed by atoms with Crippen LogP contribution in [0.15, 0.2) is 0 Å². The second-order valence-corrected chi connectivity index (χ2v) is 4.82. The molecule has 2 rings (SSSR count). The van der Waals surface area contributed by atoms with Crippen LogP contribution in [0.5, 0.6) is 0 Å². The molecular formula is C12H18N2O6. The number of ether oxygens (including phenoxy) is 3. The fourth-order valence-electron chi connectivity index (χ4n) is 2.98. The highest BCUT2D eigenvalue weighted by molar-refractivity contribution is 6.08. The van der Waals surface area contributed by atoms with Crippen LogP contribution in [0.3, 0.4) is 0 Å². The molecule has 20 heavy (non-hydrogen) atoms. The number of methoxy groups -OCH3 is 3. The standard InChI is InChI=1S/C12H18N2O6/c1-14-9(15)5-6(10(14)16)8(12(19-3)20-4)13-7(5)11(17)18-2/h5-8,12-13H,1-4H3/t5-,6+,7+,8-/m0/s1. The Hall–Kier alpha value is -1.51. The van der Waals surface area contributed by atoms with Crippen molar-refractivity contribution < 1.29 is 28.6 Å². The van der Waals surface area contributed by atoms with Gasteiger partial charge in [0, 0.05) is 21.3 Å². The van der Waals surface area contributed by atoms with Gasteiger partial charge in [0.15, 0.2) is 6.29 Å². The molecular weight excluding hydrogens is 268 g/mol. The number of imide groups is 1. The predicted octanol–water partition coefficient (Wildman–Crippen LogP) is -1.65. The molecule has 4 atom stereocenters. The SMILES string of the molecule is COC(=O)[C@@H]1N[C@H](C(OC)OC)[C@@H]2C(=O)N(C)C(=O)[C@@H]21. The molecule has 0 spiro atoms. The molecule has 0 aromatic rings. The molecule has 0 radical (unpaired) electrons. The summed E-state index contributed by atoms with van der Waals surface area (Å²) in [6.07, 6.45) is -0.736. The summed E-state index contributed by atoms with van der Waals surface area (Å²) in [5.74, 6) is -2.79. The number of amides is 2. The molecule has 112 valence electrons. The molecule has 0 bridgehead atoms. The molecule has 2 aliphatic heterocycles. The first kappa shape index (κ1) is 14.9. The van der Waals surface area contributed by atoms with E-state index in [1.165, 1.54) is 28.4 Å². The topological polar surface area (TPSA) is 94.2 Å². The van der Waals surface area contributed by atoms with E-state index in [4.69, 9.17) is 14.2 Å². The number of hydrogen-bond donors (Lipinski definition) is 1. The van der Waals surface area contributed by atoms with Gasteiger partial charge < -0.3 is 14.2 Å². The Morgan fingerprint density at radius 2 is 1.70 bits per heavy atom. The van der Waals surface area contributed by atoms with E-state index >= 15 is 0 Å². The zero-order chi connectivity index (χ0) is 15.0. The minimum atomic E-state index is -0.871.